The van der Waals surface area contributed by atoms with Crippen LogP contribution in [-0.4, -0.2) is 40.5 Å². The van der Waals surface area contributed by atoms with Gasteiger partial charge in [-0.25, -0.2) is 0 Å². The number of hydrogen-bond acceptors (Lipinski definition) is 4. The molecule has 0 aliphatic carbocycles. The molecule has 1 atom stereocenters. The maximum absolute atomic E-state index is 12.8. The van der Waals surface area contributed by atoms with Gasteiger partial charge in [-0.3, -0.25) is 14.4 Å². The number of nitrogens with zero attached hydrogens (tertiary/aromatic N) is 3. The van der Waals surface area contributed by atoms with Gasteiger partial charge < -0.3 is 20.7 Å². The summed E-state index contributed by atoms with van der Waals surface area (Å²) in [6, 6.07) is 12.6. The largest absolute Gasteiger partial charge is 0.480 e. The Morgan fingerprint density at radius 1 is 1.13 bits per heavy atom. The van der Waals surface area contributed by atoms with Crippen molar-refractivity contribution in [1.29, 1.82) is 0 Å². The summed E-state index contributed by atoms with van der Waals surface area (Å²) in [6.07, 6.45) is 1.87. The van der Waals surface area contributed by atoms with Crippen LogP contribution < -0.4 is 10.6 Å². The summed E-state index contributed by atoms with van der Waals surface area (Å²) in [5, 5.41) is 18.1. The highest BCUT2D eigenvalue weighted by molar-refractivity contribution is 6.01. The van der Waals surface area contributed by atoms with Crippen molar-refractivity contribution in [2.45, 2.75) is 12.5 Å². The fraction of sp³-hybridized carbons (Fsp3) is 0.150. The van der Waals surface area contributed by atoms with Crippen LogP contribution in [0.3, 0.4) is 0 Å². The van der Waals surface area contributed by atoms with Crippen LogP contribution >= 0.6 is 0 Å². The van der Waals surface area contributed by atoms with Crippen molar-refractivity contribution >= 4 is 34.4 Å². The second kappa shape index (κ2) is 9.26. The first-order chi connectivity index (χ1) is 14.5. The molecule has 3 aromatic rings. The van der Waals surface area contributed by atoms with E-state index in [9.17, 15) is 14.4 Å². The summed E-state index contributed by atoms with van der Waals surface area (Å²) in [7, 11) is 0. The predicted octanol–water partition coefficient (Wildman–Crippen LogP) is 2.65. The number of amides is 2. The number of rotatable bonds is 8. The fourth-order valence-corrected chi connectivity index (χ4v) is 3.05. The monoisotopic (exact) mass is 406 g/mol. The van der Waals surface area contributed by atoms with Crippen molar-refractivity contribution in [3.63, 3.8) is 0 Å². The number of carboxylic acid groups (broad SMARTS) is 1. The number of para-hydroxylation sites is 1. The average Bonchev–Trinajstić information content (AvgIpc) is 3.15. The first kappa shape index (κ1) is 20.4. The number of aromatic amines is 1. The number of azide groups is 1. The van der Waals surface area contributed by atoms with Crippen molar-refractivity contribution in [2.75, 3.05) is 6.54 Å². The minimum Gasteiger partial charge on any atom is -0.480 e. The van der Waals surface area contributed by atoms with Gasteiger partial charge in [0.15, 0.2) is 0 Å². The molecule has 0 spiro atoms. The van der Waals surface area contributed by atoms with Crippen molar-refractivity contribution in [2.24, 2.45) is 5.11 Å². The molecule has 0 fully saturated rings. The molecular formula is C20H18N6O4. The highest BCUT2D eigenvalue weighted by Crippen LogP contribution is 2.21. The summed E-state index contributed by atoms with van der Waals surface area (Å²) in [6.45, 7) is -0.575. The second-order valence-corrected chi connectivity index (χ2v) is 6.41. The van der Waals surface area contributed by atoms with E-state index in [0.29, 0.717) is 0 Å². The summed E-state index contributed by atoms with van der Waals surface area (Å²) >= 11 is 0. The van der Waals surface area contributed by atoms with Crippen LogP contribution in [-0.2, 0) is 16.0 Å². The summed E-state index contributed by atoms with van der Waals surface area (Å²) in [5.74, 6) is -2.46. The van der Waals surface area contributed by atoms with Gasteiger partial charge in [0, 0.05) is 34.0 Å². The maximum Gasteiger partial charge on any atom is 0.322 e. The maximum atomic E-state index is 12.8. The van der Waals surface area contributed by atoms with E-state index >= 15 is 0 Å². The van der Waals surface area contributed by atoms with Crippen molar-refractivity contribution in [3.05, 3.63) is 76.3 Å². The summed E-state index contributed by atoms with van der Waals surface area (Å²) < 4.78 is 0. The molecule has 1 aromatic heterocycles. The van der Waals surface area contributed by atoms with Crippen molar-refractivity contribution in [1.82, 2.24) is 15.6 Å². The van der Waals surface area contributed by atoms with E-state index in [2.05, 4.69) is 25.6 Å². The topological polar surface area (TPSA) is 160 Å². The van der Waals surface area contributed by atoms with Gasteiger partial charge in [0.1, 0.15) is 12.6 Å². The van der Waals surface area contributed by atoms with Gasteiger partial charge in [-0.15, -0.1) is 0 Å². The zero-order valence-corrected chi connectivity index (χ0v) is 15.7. The molecular weight excluding hydrogens is 388 g/mol. The van der Waals surface area contributed by atoms with Gasteiger partial charge in [-0.1, -0.05) is 41.5 Å². The Bertz CT molecular complexity index is 1150. The lowest BCUT2D eigenvalue weighted by Crippen LogP contribution is -2.49. The number of benzene rings is 2. The molecule has 0 aliphatic heterocycles. The minimum atomic E-state index is -1.20. The molecule has 10 nitrogen and oxygen atoms in total. The lowest BCUT2D eigenvalue weighted by molar-refractivity contribution is -0.138. The molecule has 4 N–H and O–H groups in total. The zero-order chi connectivity index (χ0) is 21.5. The molecule has 3 rings (SSSR count). The third-order valence-corrected chi connectivity index (χ3v) is 4.44. The molecule has 152 valence electrons. The van der Waals surface area contributed by atoms with E-state index in [-0.39, 0.29) is 17.7 Å². The predicted molar refractivity (Wildman–Crippen MR) is 109 cm³/mol. The Hall–Kier alpha value is -4.30. The van der Waals surface area contributed by atoms with Gasteiger partial charge in [0.25, 0.3) is 5.91 Å². The number of carboxylic acids is 1. The molecule has 0 bridgehead atoms. The van der Waals surface area contributed by atoms with Gasteiger partial charge in [-0.2, -0.15) is 0 Å². The van der Waals surface area contributed by atoms with Gasteiger partial charge in [0.05, 0.1) is 5.69 Å². The van der Waals surface area contributed by atoms with Crippen LogP contribution in [0.1, 0.15) is 15.9 Å². The number of aliphatic carboxylic acids is 1. The van der Waals surface area contributed by atoms with Crippen LogP contribution in [0.5, 0.6) is 0 Å². The van der Waals surface area contributed by atoms with E-state index < -0.39 is 30.4 Å². The van der Waals surface area contributed by atoms with E-state index in [4.69, 9.17) is 10.6 Å². The molecule has 10 heteroatoms. The summed E-state index contributed by atoms with van der Waals surface area (Å²) in [5.41, 5.74) is 10.6. The smallest absolute Gasteiger partial charge is 0.322 e. The number of fused-ring (bicyclic) bond motifs is 1. The van der Waals surface area contributed by atoms with E-state index in [0.717, 1.165) is 16.5 Å². The number of H-pyrrole nitrogens is 1. The molecule has 2 amide bonds. The first-order valence-corrected chi connectivity index (χ1v) is 8.99. The van der Waals surface area contributed by atoms with Crippen molar-refractivity contribution in [3.8, 4) is 0 Å². The first-order valence-electron chi connectivity index (χ1n) is 8.99. The Morgan fingerprint density at radius 2 is 1.87 bits per heavy atom. The van der Waals surface area contributed by atoms with Gasteiger partial charge in [-0.05, 0) is 23.2 Å². The third kappa shape index (κ3) is 4.75. The lowest BCUT2D eigenvalue weighted by atomic mass is 10.0. The normalized spacial score (nSPS) is 11.3. The Labute approximate surface area is 170 Å². The third-order valence-electron chi connectivity index (χ3n) is 4.44. The average molecular weight is 406 g/mol. The highest BCUT2D eigenvalue weighted by Gasteiger charge is 2.24. The van der Waals surface area contributed by atoms with Crippen LogP contribution in [0, 0.1) is 0 Å². The molecule has 0 radical (unpaired) electrons. The molecule has 2 aromatic carbocycles. The summed E-state index contributed by atoms with van der Waals surface area (Å²) in [4.78, 5) is 42.0. The Balaban J connectivity index is 1.87. The van der Waals surface area contributed by atoms with E-state index in [1.54, 1.807) is 18.3 Å². The molecule has 30 heavy (non-hydrogen) atoms. The van der Waals surface area contributed by atoms with Crippen LogP contribution in [0.2, 0.25) is 0 Å². The minimum absolute atomic E-state index is 0.102. The molecule has 0 unspecified atom stereocenters. The number of carbonyl (C=O) groups excluding carboxylic acids is 2. The zero-order valence-electron chi connectivity index (χ0n) is 15.7. The van der Waals surface area contributed by atoms with Crippen LogP contribution in [0.15, 0.2) is 59.8 Å². The number of hydrogen-bond donors (Lipinski definition) is 4. The van der Waals surface area contributed by atoms with Gasteiger partial charge in [0.2, 0.25) is 5.91 Å². The fourth-order valence-electron chi connectivity index (χ4n) is 3.05. The Kier molecular flexibility index (Phi) is 6.31. The van der Waals surface area contributed by atoms with E-state index in [1.807, 2.05) is 24.3 Å². The molecule has 0 saturated heterocycles. The SMILES string of the molecule is [N-]=[N+]=Nc1ccccc1C(=O)N[C@@H](Cc1c[nH]c2ccccc12)C(=O)NCC(=O)O. The number of carbonyl (C=O) groups is 3. The quantitative estimate of drug-likeness (QED) is 0.257. The standard InChI is InChI=1S/C20H18N6O4/c21-26-25-16-8-4-2-6-14(16)19(29)24-17(20(30)23-11-18(27)28)9-12-10-22-15-7-3-1-5-13(12)15/h1-8,10,17,22H,9,11H2,(H,23,30)(H,24,29)(H,27,28)/t17-/m0/s1. The molecule has 1 heterocycles. The second-order valence-electron chi connectivity index (χ2n) is 6.41. The van der Waals surface area contributed by atoms with E-state index in [1.165, 1.54) is 12.1 Å². The lowest BCUT2D eigenvalue weighted by Gasteiger charge is -2.18. The van der Waals surface area contributed by atoms with Crippen molar-refractivity contribution < 1.29 is 19.5 Å². The molecule has 0 aliphatic rings. The highest BCUT2D eigenvalue weighted by atomic mass is 16.4. The van der Waals surface area contributed by atoms with Crippen LogP contribution in [0.25, 0.3) is 21.3 Å². The number of aromatic nitrogens is 1. The number of nitrogens with one attached hydrogen (secondary N) is 3. The van der Waals surface area contributed by atoms with Gasteiger partial charge >= 0.3 is 5.97 Å². The van der Waals surface area contributed by atoms with Crippen LogP contribution in [0.4, 0.5) is 5.69 Å². The Morgan fingerprint density at radius 3 is 2.63 bits per heavy atom. The molecule has 0 saturated carbocycles.